The van der Waals surface area contributed by atoms with Gasteiger partial charge in [-0.3, -0.25) is 4.79 Å². The van der Waals surface area contributed by atoms with Gasteiger partial charge in [0.2, 0.25) is 5.76 Å². The number of hydrogen-bond acceptors (Lipinski definition) is 12. The van der Waals surface area contributed by atoms with Crippen LogP contribution in [0.5, 0.6) is 11.5 Å². The monoisotopic (exact) mass is 1040 g/mol. The maximum Gasteiger partial charge on any atom is 0.299 e. The van der Waals surface area contributed by atoms with Gasteiger partial charge in [0.05, 0.1) is 24.0 Å². The molecule has 2 aliphatic carbocycles. The molecule has 5 aromatic carbocycles. The van der Waals surface area contributed by atoms with Gasteiger partial charge in [0, 0.05) is 67.4 Å². The minimum Gasteiger partial charge on any atom is -0.485 e. The quantitative estimate of drug-likeness (QED) is 0.0815. The zero-order valence-corrected chi connectivity index (χ0v) is 44.1. The molecule has 0 fully saturated rings. The summed E-state index contributed by atoms with van der Waals surface area (Å²) in [6.07, 6.45) is 1.62. The Labute approximate surface area is 439 Å². The lowest BCUT2D eigenvalue weighted by Gasteiger charge is -2.30. The van der Waals surface area contributed by atoms with Gasteiger partial charge in [-0.1, -0.05) is 100 Å². The molecule has 0 bridgehead atoms. The maximum atomic E-state index is 10.8. The number of ether oxygens (including phenoxy) is 3. The van der Waals surface area contributed by atoms with Crippen molar-refractivity contribution in [2.75, 3.05) is 18.1 Å². The van der Waals surface area contributed by atoms with Crippen LogP contribution >= 0.6 is 68.0 Å². The highest BCUT2D eigenvalue weighted by molar-refractivity contribution is 7.40. The standard InChI is InChI=1S/C60H40N2O4S6/c1-59(2)42-11-7-5-9-38(42)40-19-17-34(23-44(40)59)62(35-18-20-41-39-10-6-8-12-43(39)60(3,4)45(41)24-35)33-15-13-32(14-16-33)55-53-54(65-22-21-64-53)56(72-55)51-28-48-46(69-51)27-47(68-48)49-29-52-58(71-49)57-50(70-52)26-37(67-57)25-36(30-61)66-31-63/h5-20,23-29,31H,21-22H2,1-4H3/b36-25-. The van der Waals surface area contributed by atoms with E-state index in [0.717, 1.165) is 48.8 Å². The summed E-state index contributed by atoms with van der Waals surface area (Å²) in [4.78, 5) is 20.0. The number of anilines is 3. The van der Waals surface area contributed by atoms with Crippen LogP contribution in [0.4, 0.5) is 17.1 Å². The van der Waals surface area contributed by atoms with Crippen LogP contribution in [0.3, 0.4) is 0 Å². The van der Waals surface area contributed by atoms with E-state index in [4.69, 9.17) is 14.2 Å². The number of nitrogens with zero attached hydrogens (tertiary/aromatic N) is 2. The first-order chi connectivity index (χ1) is 35.0. The first kappa shape index (κ1) is 43.9. The Balaban J connectivity index is 0.808. The van der Waals surface area contributed by atoms with Crippen molar-refractivity contribution in [2.45, 2.75) is 38.5 Å². The van der Waals surface area contributed by atoms with Crippen LogP contribution < -0.4 is 14.4 Å². The van der Waals surface area contributed by atoms with Gasteiger partial charge in [0.25, 0.3) is 6.47 Å². The Morgan fingerprint density at radius 1 is 0.556 bits per heavy atom. The summed E-state index contributed by atoms with van der Waals surface area (Å²) in [5.41, 5.74) is 14.8. The van der Waals surface area contributed by atoms with Crippen LogP contribution in [-0.2, 0) is 20.4 Å². The van der Waals surface area contributed by atoms with Crippen molar-refractivity contribution in [2.24, 2.45) is 0 Å². The number of thiophene rings is 6. The second kappa shape index (κ2) is 16.3. The van der Waals surface area contributed by atoms with E-state index >= 15 is 0 Å². The van der Waals surface area contributed by atoms with Gasteiger partial charge in [-0.05, 0) is 111 Å². The molecule has 6 aromatic heterocycles. The molecular formula is C60H40N2O4S6. The first-order valence-corrected chi connectivity index (χ1v) is 28.5. The fraction of sp³-hybridized carbons (Fsp3) is 0.133. The molecule has 0 atom stereocenters. The fourth-order valence-corrected chi connectivity index (χ4v) is 18.8. The van der Waals surface area contributed by atoms with Crippen molar-refractivity contribution in [3.63, 3.8) is 0 Å². The molecule has 0 unspecified atom stereocenters. The summed E-state index contributed by atoms with van der Waals surface area (Å²) < 4.78 is 25.1. The summed E-state index contributed by atoms with van der Waals surface area (Å²) in [5, 5.41) is 9.35. The van der Waals surface area contributed by atoms with Crippen LogP contribution in [0, 0.1) is 11.3 Å². The Morgan fingerprint density at radius 3 is 1.72 bits per heavy atom. The van der Waals surface area contributed by atoms with E-state index < -0.39 is 0 Å². The molecular weight excluding hydrogens is 1010 g/mol. The highest BCUT2D eigenvalue weighted by Gasteiger charge is 2.38. The summed E-state index contributed by atoms with van der Waals surface area (Å²) in [7, 11) is 0. The van der Waals surface area contributed by atoms with Gasteiger partial charge in [-0.15, -0.1) is 68.0 Å². The molecule has 12 heteroatoms. The molecule has 350 valence electrons. The number of rotatable bonds is 9. The Morgan fingerprint density at radius 2 is 1.08 bits per heavy atom. The van der Waals surface area contributed by atoms with Gasteiger partial charge in [0.15, 0.2) is 11.5 Å². The van der Waals surface area contributed by atoms with Gasteiger partial charge in [-0.25, -0.2) is 0 Å². The van der Waals surface area contributed by atoms with Gasteiger partial charge in [0.1, 0.15) is 19.3 Å². The van der Waals surface area contributed by atoms with Crippen molar-refractivity contribution < 1.29 is 19.0 Å². The highest BCUT2D eigenvalue weighted by Crippen LogP contribution is 2.58. The molecule has 0 amide bonds. The lowest BCUT2D eigenvalue weighted by atomic mass is 9.82. The molecule has 0 saturated carbocycles. The van der Waals surface area contributed by atoms with Crippen molar-refractivity contribution in [3.05, 3.63) is 166 Å². The molecule has 6 nitrogen and oxygen atoms in total. The minimum atomic E-state index is -0.137. The number of nitriles is 1. The SMILES string of the molecule is CC1(C)c2ccccc2-c2ccc(N(c3ccc(-c4sc(-c5cc6sc(-c7cc8sc9cc(/C=C(/C#N)OC=O)sc9c8s7)cc6s5)c5c4OCCO5)cc3)c3ccc4c(c3)C(C)(C)c3ccccc3-4)cc21. The topological polar surface area (TPSA) is 71.8 Å². The van der Waals surface area contributed by atoms with Crippen LogP contribution in [0.25, 0.3) is 86.5 Å². The fourth-order valence-electron chi connectivity index (χ4n) is 11.1. The molecule has 0 N–H and O–H groups in total. The number of fused-ring (bicyclic) bond motifs is 11. The third-order valence-corrected chi connectivity index (χ3v) is 22.1. The number of benzene rings is 5. The number of carbonyl (C=O) groups is 1. The van der Waals surface area contributed by atoms with E-state index in [1.807, 2.05) is 17.4 Å². The van der Waals surface area contributed by atoms with Crippen LogP contribution in [-0.4, -0.2) is 19.7 Å². The van der Waals surface area contributed by atoms with Crippen molar-refractivity contribution >= 4 is 126 Å². The molecule has 14 rings (SSSR count). The third kappa shape index (κ3) is 6.68. The third-order valence-electron chi connectivity index (χ3n) is 14.5. The first-order valence-electron chi connectivity index (χ1n) is 23.6. The normalized spacial score (nSPS) is 14.8. The zero-order valence-electron chi connectivity index (χ0n) is 39.2. The maximum absolute atomic E-state index is 10.8. The van der Waals surface area contributed by atoms with Crippen molar-refractivity contribution in [3.8, 4) is 69.8 Å². The van der Waals surface area contributed by atoms with Crippen LogP contribution in [0.1, 0.15) is 54.8 Å². The number of allylic oxidation sites excluding steroid dienone is 1. The average Bonchev–Trinajstić information content (AvgIpc) is 4.28. The molecule has 3 aliphatic rings. The zero-order chi connectivity index (χ0) is 48.6. The summed E-state index contributed by atoms with van der Waals surface area (Å²) in [6.45, 7) is 10.7. The smallest absolute Gasteiger partial charge is 0.299 e. The van der Waals surface area contributed by atoms with Crippen molar-refractivity contribution in [1.29, 1.82) is 5.26 Å². The van der Waals surface area contributed by atoms with E-state index in [-0.39, 0.29) is 23.1 Å². The minimum absolute atomic E-state index is 0.0138. The second-order valence-corrected chi connectivity index (χ2v) is 25.7. The van der Waals surface area contributed by atoms with Gasteiger partial charge in [-0.2, -0.15) is 5.26 Å². The van der Waals surface area contributed by atoms with E-state index in [2.05, 4.69) is 166 Å². The molecule has 0 saturated heterocycles. The van der Waals surface area contributed by atoms with Gasteiger partial charge < -0.3 is 19.1 Å². The molecule has 11 aromatic rings. The molecule has 0 spiro atoms. The van der Waals surface area contributed by atoms with Crippen LogP contribution in [0.2, 0.25) is 0 Å². The van der Waals surface area contributed by atoms with E-state index in [0.29, 0.717) is 13.2 Å². The number of carbonyl (C=O) groups excluding carboxylic acids is 1. The summed E-state index contributed by atoms with van der Waals surface area (Å²) in [5.74, 6) is 1.64. The molecule has 0 radical (unpaired) electrons. The second-order valence-electron chi connectivity index (χ2n) is 19.3. The lowest BCUT2D eigenvalue weighted by molar-refractivity contribution is -0.124. The average molecular weight is 1050 g/mol. The van der Waals surface area contributed by atoms with E-state index in [1.54, 1.807) is 62.8 Å². The Bertz CT molecular complexity index is 4010. The lowest BCUT2D eigenvalue weighted by Crippen LogP contribution is -2.18. The Kier molecular flexibility index (Phi) is 9.97. The van der Waals surface area contributed by atoms with Gasteiger partial charge >= 0.3 is 0 Å². The molecule has 72 heavy (non-hydrogen) atoms. The van der Waals surface area contributed by atoms with E-state index in [1.165, 1.54) is 87.3 Å². The highest BCUT2D eigenvalue weighted by atomic mass is 32.1. The molecule has 1 aliphatic heterocycles. The summed E-state index contributed by atoms with van der Waals surface area (Å²) >= 11 is 10.5. The Hall–Kier alpha value is -6.82. The predicted octanol–water partition coefficient (Wildman–Crippen LogP) is 18.4. The molecule has 7 heterocycles. The summed E-state index contributed by atoms with van der Waals surface area (Å²) in [6, 6.07) is 51.7. The van der Waals surface area contributed by atoms with Crippen LogP contribution in [0.15, 0.2) is 139 Å². The van der Waals surface area contributed by atoms with Crippen molar-refractivity contribution in [1.82, 2.24) is 0 Å². The van der Waals surface area contributed by atoms with E-state index in [9.17, 15) is 10.1 Å². The number of hydrogen-bond donors (Lipinski definition) is 0. The predicted molar refractivity (Wildman–Crippen MR) is 304 cm³/mol. The largest absolute Gasteiger partial charge is 0.485 e.